The van der Waals surface area contributed by atoms with Crippen LogP contribution in [0.25, 0.3) is 0 Å². The maximum Gasteiger partial charge on any atom is 0.228 e. The van der Waals surface area contributed by atoms with E-state index in [4.69, 9.17) is 5.73 Å². The molecule has 0 aromatic carbocycles. The third-order valence-corrected chi connectivity index (χ3v) is 2.85. The van der Waals surface area contributed by atoms with E-state index in [1.54, 1.807) is 18.3 Å². The molecule has 2 aromatic rings. The zero-order valence-electron chi connectivity index (χ0n) is 9.14. The first-order valence-electron chi connectivity index (χ1n) is 4.92. The molecular formula is C11H17N5S. The number of hydrogen-bond donors (Lipinski definition) is 2. The number of nitrogens with zero attached hydrogens (tertiary/aromatic N) is 3. The molecule has 6 heteroatoms. The van der Waals surface area contributed by atoms with Crippen LogP contribution in [0.2, 0.25) is 0 Å². The second kappa shape index (κ2) is 5.58. The van der Waals surface area contributed by atoms with Crippen molar-refractivity contribution in [1.29, 1.82) is 0 Å². The lowest BCUT2D eigenvalue weighted by molar-refractivity contribution is 0.851. The van der Waals surface area contributed by atoms with Gasteiger partial charge in [-0.25, -0.2) is 0 Å². The molecule has 0 aliphatic carbocycles. The number of anilines is 2. The van der Waals surface area contributed by atoms with Crippen LogP contribution in [0, 0.1) is 6.92 Å². The van der Waals surface area contributed by atoms with Gasteiger partial charge in [0, 0.05) is 0 Å². The molecule has 0 bridgehead atoms. The summed E-state index contributed by atoms with van der Waals surface area (Å²) in [6.45, 7) is 3.84. The van der Waals surface area contributed by atoms with Gasteiger partial charge in [0.05, 0.1) is 6.04 Å². The fourth-order valence-corrected chi connectivity index (χ4v) is 2.12. The van der Waals surface area contributed by atoms with Gasteiger partial charge in [0.2, 0.25) is 11.9 Å². The van der Waals surface area contributed by atoms with Crippen LogP contribution < -0.4 is 11.1 Å². The fourth-order valence-electron chi connectivity index (χ4n) is 1.37. The van der Waals surface area contributed by atoms with Crippen LogP contribution in [0.3, 0.4) is 0 Å². The van der Waals surface area contributed by atoms with Crippen molar-refractivity contribution in [1.82, 2.24) is 15.0 Å². The van der Waals surface area contributed by atoms with Crippen molar-refractivity contribution in [3.8, 4) is 0 Å². The van der Waals surface area contributed by atoms with Crippen LogP contribution in [0.1, 0.15) is 31.8 Å². The number of nitrogens with two attached hydrogens (primary N) is 1. The predicted octanol–water partition coefficient (Wildman–Crippen LogP) is 2.63. The average molecular weight is 251 g/mol. The highest BCUT2D eigenvalue weighted by atomic mass is 32.1. The number of rotatable bonds is 3. The summed E-state index contributed by atoms with van der Waals surface area (Å²) < 4.78 is 0. The standard InChI is InChI=1S/C10H13N5S.CH4/c1-6(8-3-4-16-5-8)12-10-14-7(2)13-9(11)15-10;/h3-6H,1-2H3,(H3,11,12,13,14,15);1H4. The first-order valence-corrected chi connectivity index (χ1v) is 5.86. The molecule has 0 radical (unpaired) electrons. The normalized spacial score (nSPS) is 11.6. The van der Waals surface area contributed by atoms with E-state index >= 15 is 0 Å². The molecule has 0 saturated carbocycles. The van der Waals surface area contributed by atoms with Crippen molar-refractivity contribution in [2.45, 2.75) is 27.3 Å². The smallest absolute Gasteiger partial charge is 0.228 e. The summed E-state index contributed by atoms with van der Waals surface area (Å²) in [5, 5.41) is 7.32. The Hall–Kier alpha value is -1.69. The van der Waals surface area contributed by atoms with Crippen LogP contribution in [-0.2, 0) is 0 Å². The van der Waals surface area contributed by atoms with Crippen LogP contribution in [0.15, 0.2) is 16.8 Å². The van der Waals surface area contributed by atoms with Gasteiger partial charge in [-0.2, -0.15) is 26.3 Å². The number of aromatic nitrogens is 3. The molecule has 0 amide bonds. The van der Waals surface area contributed by atoms with Crippen molar-refractivity contribution in [2.24, 2.45) is 0 Å². The van der Waals surface area contributed by atoms with Gasteiger partial charge in [0.15, 0.2) is 0 Å². The van der Waals surface area contributed by atoms with Crippen molar-refractivity contribution in [3.05, 3.63) is 28.2 Å². The maximum atomic E-state index is 5.55. The molecule has 0 fully saturated rings. The summed E-state index contributed by atoms with van der Waals surface area (Å²) in [6.07, 6.45) is 0. The molecule has 0 saturated heterocycles. The lowest BCUT2D eigenvalue weighted by Gasteiger charge is -2.12. The van der Waals surface area contributed by atoms with Crippen LogP contribution in [0.5, 0.6) is 0 Å². The van der Waals surface area contributed by atoms with Gasteiger partial charge in [-0.15, -0.1) is 0 Å². The highest BCUT2D eigenvalue weighted by Gasteiger charge is 2.08. The average Bonchev–Trinajstić information content (AvgIpc) is 2.68. The zero-order chi connectivity index (χ0) is 11.5. The summed E-state index contributed by atoms with van der Waals surface area (Å²) in [5.74, 6) is 1.38. The molecule has 17 heavy (non-hydrogen) atoms. The molecule has 2 rings (SSSR count). The Bertz CT molecular complexity index is 448. The summed E-state index contributed by atoms with van der Waals surface area (Å²) in [7, 11) is 0. The predicted molar refractivity (Wildman–Crippen MR) is 72.1 cm³/mol. The van der Waals surface area contributed by atoms with Crippen molar-refractivity contribution < 1.29 is 0 Å². The number of aryl methyl sites for hydroxylation is 1. The molecule has 1 unspecified atom stereocenters. The Kier molecular flexibility index (Phi) is 4.39. The molecule has 0 aliphatic rings. The van der Waals surface area contributed by atoms with E-state index in [0.29, 0.717) is 11.8 Å². The van der Waals surface area contributed by atoms with E-state index < -0.39 is 0 Å². The van der Waals surface area contributed by atoms with E-state index in [0.717, 1.165) is 0 Å². The minimum absolute atomic E-state index is 0. The van der Waals surface area contributed by atoms with Crippen LogP contribution in [-0.4, -0.2) is 15.0 Å². The van der Waals surface area contributed by atoms with E-state index in [9.17, 15) is 0 Å². The minimum Gasteiger partial charge on any atom is -0.368 e. The zero-order valence-corrected chi connectivity index (χ0v) is 9.95. The lowest BCUT2D eigenvalue weighted by Crippen LogP contribution is -2.11. The van der Waals surface area contributed by atoms with Gasteiger partial charge in [-0.3, -0.25) is 0 Å². The van der Waals surface area contributed by atoms with Crippen LogP contribution in [0.4, 0.5) is 11.9 Å². The first-order chi connectivity index (χ1) is 7.65. The first kappa shape index (κ1) is 13.4. The molecule has 1 atom stereocenters. The van der Waals surface area contributed by atoms with Gasteiger partial charge < -0.3 is 11.1 Å². The molecule has 2 heterocycles. The second-order valence-corrected chi connectivity index (χ2v) is 4.27. The molecule has 3 N–H and O–H groups in total. The summed E-state index contributed by atoms with van der Waals surface area (Å²) in [4.78, 5) is 12.1. The second-order valence-electron chi connectivity index (χ2n) is 3.49. The van der Waals surface area contributed by atoms with Crippen LogP contribution >= 0.6 is 11.3 Å². The Morgan fingerprint density at radius 1 is 1.35 bits per heavy atom. The summed E-state index contributed by atoms with van der Waals surface area (Å²) >= 11 is 1.67. The molecule has 2 aromatic heterocycles. The Morgan fingerprint density at radius 3 is 2.71 bits per heavy atom. The third-order valence-electron chi connectivity index (χ3n) is 2.15. The maximum absolute atomic E-state index is 5.55. The molecular weight excluding hydrogens is 234 g/mol. The SMILES string of the molecule is C.Cc1nc(N)nc(NC(C)c2ccsc2)n1. The largest absolute Gasteiger partial charge is 0.368 e. The van der Waals surface area contributed by atoms with E-state index in [1.807, 2.05) is 5.38 Å². The summed E-state index contributed by atoms with van der Waals surface area (Å²) in [5.41, 5.74) is 6.76. The Labute approximate surface area is 105 Å². The Morgan fingerprint density at radius 2 is 2.12 bits per heavy atom. The van der Waals surface area contributed by atoms with E-state index in [-0.39, 0.29) is 19.4 Å². The van der Waals surface area contributed by atoms with Crippen molar-refractivity contribution in [3.63, 3.8) is 0 Å². The third kappa shape index (κ3) is 3.39. The lowest BCUT2D eigenvalue weighted by atomic mass is 10.2. The van der Waals surface area contributed by atoms with Gasteiger partial charge in [-0.05, 0) is 36.2 Å². The molecule has 0 spiro atoms. The van der Waals surface area contributed by atoms with Gasteiger partial charge in [0.1, 0.15) is 5.82 Å². The van der Waals surface area contributed by atoms with Crippen molar-refractivity contribution >= 4 is 23.2 Å². The fraction of sp³-hybridized carbons (Fsp3) is 0.364. The van der Waals surface area contributed by atoms with Gasteiger partial charge in [-0.1, -0.05) is 7.43 Å². The molecule has 5 nitrogen and oxygen atoms in total. The number of thiophene rings is 1. The summed E-state index contributed by atoms with van der Waals surface area (Å²) in [6, 6.07) is 2.23. The quantitative estimate of drug-likeness (QED) is 0.877. The van der Waals surface area contributed by atoms with Gasteiger partial charge in [0.25, 0.3) is 0 Å². The monoisotopic (exact) mass is 251 g/mol. The Balaban J connectivity index is 0.00000144. The highest BCUT2D eigenvalue weighted by molar-refractivity contribution is 7.07. The number of hydrogen-bond acceptors (Lipinski definition) is 6. The van der Waals surface area contributed by atoms with E-state index in [1.165, 1.54) is 5.56 Å². The number of nitrogen functional groups attached to an aromatic ring is 1. The van der Waals surface area contributed by atoms with E-state index in [2.05, 4.69) is 38.6 Å². The molecule has 92 valence electrons. The highest BCUT2D eigenvalue weighted by Crippen LogP contribution is 2.19. The number of nitrogens with one attached hydrogen (secondary N) is 1. The molecule has 0 aliphatic heterocycles. The van der Waals surface area contributed by atoms with Crippen molar-refractivity contribution in [2.75, 3.05) is 11.1 Å². The van der Waals surface area contributed by atoms with Gasteiger partial charge >= 0.3 is 0 Å². The minimum atomic E-state index is 0. The topological polar surface area (TPSA) is 76.7 Å².